The van der Waals surface area contributed by atoms with Gasteiger partial charge in [0.05, 0.1) is 23.4 Å². The molecule has 0 spiro atoms. The number of imidazole rings is 1. The maximum atomic E-state index is 13.1. The van der Waals surface area contributed by atoms with E-state index in [0.29, 0.717) is 33.8 Å². The molecule has 1 aromatic heterocycles. The van der Waals surface area contributed by atoms with Gasteiger partial charge in [-0.2, -0.15) is 0 Å². The van der Waals surface area contributed by atoms with Crippen LogP contribution in [0.1, 0.15) is 42.5 Å². The van der Waals surface area contributed by atoms with Crippen LogP contribution in [0.4, 0.5) is 0 Å². The quantitative estimate of drug-likeness (QED) is 0.372. The van der Waals surface area contributed by atoms with Gasteiger partial charge in [0.15, 0.2) is 5.78 Å². The molecule has 0 saturated carbocycles. The summed E-state index contributed by atoms with van der Waals surface area (Å²) in [6.45, 7) is 0.00715. The van der Waals surface area contributed by atoms with Crippen LogP contribution in [0.25, 0.3) is 5.69 Å². The van der Waals surface area contributed by atoms with Gasteiger partial charge in [-0.25, -0.2) is 4.98 Å². The second kappa shape index (κ2) is 7.50. The van der Waals surface area contributed by atoms with Gasteiger partial charge in [0, 0.05) is 23.5 Å². The number of nitrogens with zero attached hydrogens (tertiary/aromatic N) is 3. The van der Waals surface area contributed by atoms with Crippen LogP contribution in [-0.2, 0) is 6.54 Å². The lowest BCUT2D eigenvalue weighted by atomic mass is 10.0. The molecule has 2 heterocycles. The van der Waals surface area contributed by atoms with E-state index in [4.69, 9.17) is 0 Å². The van der Waals surface area contributed by atoms with E-state index in [0.717, 1.165) is 0 Å². The Bertz CT molecular complexity index is 1290. The highest BCUT2D eigenvalue weighted by atomic mass is 16.2. The molecule has 5 rings (SSSR count). The Labute approximate surface area is 178 Å². The summed E-state index contributed by atoms with van der Waals surface area (Å²) in [5, 5.41) is 0. The van der Waals surface area contributed by atoms with Gasteiger partial charge in [-0.1, -0.05) is 54.6 Å². The third-order valence-corrected chi connectivity index (χ3v) is 5.34. The second-order valence-electron chi connectivity index (χ2n) is 7.17. The fourth-order valence-corrected chi connectivity index (χ4v) is 3.82. The van der Waals surface area contributed by atoms with E-state index >= 15 is 0 Å². The summed E-state index contributed by atoms with van der Waals surface area (Å²) in [5.41, 5.74) is 2.52. The van der Waals surface area contributed by atoms with Crippen molar-refractivity contribution in [2.24, 2.45) is 0 Å². The molecule has 0 radical (unpaired) electrons. The van der Waals surface area contributed by atoms with Crippen molar-refractivity contribution >= 4 is 17.6 Å². The Morgan fingerprint density at radius 3 is 2.10 bits per heavy atom. The first kappa shape index (κ1) is 18.7. The summed E-state index contributed by atoms with van der Waals surface area (Å²) in [7, 11) is 0. The summed E-state index contributed by atoms with van der Waals surface area (Å²) in [6, 6.07) is 23.0. The van der Waals surface area contributed by atoms with E-state index in [2.05, 4.69) is 4.98 Å². The molecule has 0 unspecified atom stereocenters. The van der Waals surface area contributed by atoms with Gasteiger partial charge in [0.1, 0.15) is 5.82 Å². The van der Waals surface area contributed by atoms with Crippen LogP contribution in [0.3, 0.4) is 0 Å². The number of carbonyl (C=O) groups excluding carboxylic acids is 3. The van der Waals surface area contributed by atoms with E-state index in [9.17, 15) is 14.4 Å². The van der Waals surface area contributed by atoms with Crippen molar-refractivity contribution in [1.82, 2.24) is 14.5 Å². The molecule has 6 heteroatoms. The number of benzene rings is 3. The maximum Gasteiger partial charge on any atom is 0.261 e. The first-order chi connectivity index (χ1) is 15.1. The third-order valence-electron chi connectivity index (χ3n) is 5.34. The largest absolute Gasteiger partial charge is 0.302 e. The Balaban J connectivity index is 1.51. The zero-order valence-corrected chi connectivity index (χ0v) is 16.4. The molecule has 0 saturated heterocycles. The third kappa shape index (κ3) is 3.14. The highest BCUT2D eigenvalue weighted by Gasteiger charge is 2.36. The van der Waals surface area contributed by atoms with Gasteiger partial charge in [-0.3, -0.25) is 19.3 Å². The lowest BCUT2D eigenvalue weighted by Gasteiger charge is -2.16. The molecule has 0 N–H and O–H groups in total. The van der Waals surface area contributed by atoms with Gasteiger partial charge in [-0.05, 0) is 24.3 Å². The molecular formula is C25H17N3O3. The zero-order valence-electron chi connectivity index (χ0n) is 16.4. The normalized spacial score (nSPS) is 12.8. The van der Waals surface area contributed by atoms with Crippen molar-refractivity contribution in [3.05, 3.63) is 119 Å². The van der Waals surface area contributed by atoms with Gasteiger partial charge in [-0.15, -0.1) is 0 Å². The zero-order chi connectivity index (χ0) is 21.4. The van der Waals surface area contributed by atoms with E-state index in [1.54, 1.807) is 65.5 Å². The smallest absolute Gasteiger partial charge is 0.261 e. The summed E-state index contributed by atoms with van der Waals surface area (Å²) in [6.07, 6.45) is 3.32. The van der Waals surface area contributed by atoms with Gasteiger partial charge in [0.25, 0.3) is 11.8 Å². The lowest BCUT2D eigenvalue weighted by molar-refractivity contribution is 0.0637. The van der Waals surface area contributed by atoms with E-state index < -0.39 is 0 Å². The highest BCUT2D eigenvalue weighted by Crippen LogP contribution is 2.26. The first-order valence-corrected chi connectivity index (χ1v) is 9.82. The molecule has 3 aromatic carbocycles. The number of carbonyl (C=O) groups is 3. The molecule has 2 amide bonds. The topological polar surface area (TPSA) is 72.3 Å². The number of hydrogen-bond donors (Lipinski definition) is 0. The fraction of sp³-hybridized carbons (Fsp3) is 0.0400. The number of hydrogen-bond acceptors (Lipinski definition) is 4. The minimum Gasteiger partial charge on any atom is -0.302 e. The monoisotopic (exact) mass is 407 g/mol. The number of para-hydroxylation sites is 1. The van der Waals surface area contributed by atoms with Crippen molar-refractivity contribution in [3.8, 4) is 5.69 Å². The number of imide groups is 1. The average Bonchev–Trinajstić information content (AvgIpc) is 3.38. The van der Waals surface area contributed by atoms with Crippen molar-refractivity contribution in [3.63, 3.8) is 0 Å². The maximum absolute atomic E-state index is 13.1. The van der Waals surface area contributed by atoms with Gasteiger partial charge >= 0.3 is 0 Å². The van der Waals surface area contributed by atoms with Crippen LogP contribution >= 0.6 is 0 Å². The molecule has 6 nitrogen and oxygen atoms in total. The first-order valence-electron chi connectivity index (χ1n) is 9.82. The molecule has 0 fully saturated rings. The molecule has 0 atom stereocenters. The van der Waals surface area contributed by atoms with Crippen molar-refractivity contribution in [2.45, 2.75) is 6.54 Å². The Morgan fingerprint density at radius 1 is 0.774 bits per heavy atom. The Kier molecular flexibility index (Phi) is 4.52. The fourth-order valence-electron chi connectivity index (χ4n) is 3.82. The van der Waals surface area contributed by atoms with E-state index in [1.165, 1.54) is 4.90 Å². The number of rotatable bonds is 5. The van der Waals surface area contributed by atoms with E-state index in [-0.39, 0.29) is 24.1 Å². The standard InChI is InChI=1S/C25H17N3O3/c29-23(17-8-2-1-3-9-17)20-12-6-7-13-21(20)27-15-14-26-22(27)16-28-24(30)18-10-4-5-11-19(18)25(28)31/h1-15H,16H2. The molecule has 4 aromatic rings. The lowest BCUT2D eigenvalue weighted by Crippen LogP contribution is -2.30. The van der Waals surface area contributed by atoms with Crippen molar-refractivity contribution < 1.29 is 14.4 Å². The van der Waals surface area contributed by atoms with Crippen LogP contribution in [-0.4, -0.2) is 32.0 Å². The predicted octanol–water partition coefficient (Wildman–Crippen LogP) is 3.90. The van der Waals surface area contributed by atoms with Crippen LogP contribution in [0, 0.1) is 0 Å². The number of fused-ring (bicyclic) bond motifs is 1. The molecule has 1 aliphatic heterocycles. The second-order valence-corrected chi connectivity index (χ2v) is 7.17. The molecule has 150 valence electrons. The molecule has 0 aliphatic carbocycles. The Morgan fingerprint density at radius 2 is 1.39 bits per heavy atom. The number of aromatic nitrogens is 2. The van der Waals surface area contributed by atoms with Crippen LogP contribution < -0.4 is 0 Å². The number of amides is 2. The predicted molar refractivity (Wildman–Crippen MR) is 114 cm³/mol. The van der Waals surface area contributed by atoms with Crippen molar-refractivity contribution in [1.29, 1.82) is 0 Å². The SMILES string of the molecule is O=C(c1ccccc1)c1ccccc1-n1ccnc1CN1C(=O)c2ccccc2C1=O. The van der Waals surface area contributed by atoms with Gasteiger partial charge < -0.3 is 4.57 Å². The van der Waals surface area contributed by atoms with Gasteiger partial charge in [0.2, 0.25) is 0 Å². The summed E-state index contributed by atoms with van der Waals surface area (Å²) in [5.74, 6) is -0.313. The number of ketones is 1. The molecule has 31 heavy (non-hydrogen) atoms. The summed E-state index contributed by atoms with van der Waals surface area (Å²) in [4.78, 5) is 44.2. The summed E-state index contributed by atoms with van der Waals surface area (Å²) < 4.78 is 1.75. The molecule has 1 aliphatic rings. The van der Waals surface area contributed by atoms with Crippen LogP contribution in [0.15, 0.2) is 91.3 Å². The van der Waals surface area contributed by atoms with E-state index in [1.807, 2.05) is 30.3 Å². The highest BCUT2D eigenvalue weighted by molar-refractivity contribution is 6.21. The van der Waals surface area contributed by atoms with Crippen molar-refractivity contribution in [2.75, 3.05) is 0 Å². The average molecular weight is 407 g/mol. The molecular weight excluding hydrogens is 390 g/mol. The minimum absolute atomic E-state index is 0.00715. The van der Waals surface area contributed by atoms with Crippen LogP contribution in [0.5, 0.6) is 0 Å². The van der Waals surface area contributed by atoms with Crippen LogP contribution in [0.2, 0.25) is 0 Å². The molecule has 0 bridgehead atoms. The summed E-state index contributed by atoms with van der Waals surface area (Å²) >= 11 is 0. The minimum atomic E-state index is -0.344. The Hall–Kier alpha value is -4.32.